The second-order valence-electron chi connectivity index (χ2n) is 10.9. The first-order valence-corrected chi connectivity index (χ1v) is 14.2. The van der Waals surface area contributed by atoms with Crippen LogP contribution in [-0.4, -0.2) is 52.6 Å². The summed E-state index contributed by atoms with van der Waals surface area (Å²) in [6.45, 7) is 3.35. The van der Waals surface area contributed by atoms with Crippen molar-refractivity contribution in [1.82, 2.24) is 9.47 Å². The summed E-state index contributed by atoms with van der Waals surface area (Å²) in [7, 11) is 0. The van der Waals surface area contributed by atoms with E-state index in [-0.39, 0.29) is 6.04 Å². The summed E-state index contributed by atoms with van der Waals surface area (Å²) in [5.41, 5.74) is 5.10. The zero-order valence-corrected chi connectivity index (χ0v) is 22.8. The van der Waals surface area contributed by atoms with Gasteiger partial charge in [0.05, 0.1) is 17.2 Å². The fraction of sp³-hybridized carbons (Fsp3) is 0.303. The topological polar surface area (TPSA) is 96.0 Å². The molecule has 3 aliphatic heterocycles. The van der Waals surface area contributed by atoms with Crippen LogP contribution in [0.3, 0.4) is 0 Å². The molecule has 3 fully saturated rings. The highest BCUT2D eigenvalue weighted by atomic mass is 16.4. The summed E-state index contributed by atoms with van der Waals surface area (Å²) in [5.74, 6) is -0.0685. The van der Waals surface area contributed by atoms with E-state index >= 15 is 0 Å². The number of benzene rings is 3. The van der Waals surface area contributed by atoms with E-state index in [1.807, 2.05) is 54.6 Å². The molecule has 4 heterocycles. The molecule has 1 aromatic heterocycles. The van der Waals surface area contributed by atoms with Crippen LogP contribution in [0.2, 0.25) is 0 Å². The first kappa shape index (κ1) is 26.8. The van der Waals surface area contributed by atoms with E-state index in [1.54, 1.807) is 27.7 Å². The first-order valence-electron chi connectivity index (χ1n) is 14.2. The molecule has 0 radical (unpaired) electrons. The minimum atomic E-state index is -0.917. The fourth-order valence-corrected chi connectivity index (χ4v) is 6.32. The lowest BCUT2D eigenvalue weighted by atomic mass is 9.82. The molecule has 1 atom stereocenters. The smallest absolute Gasteiger partial charge is 0.419 e. The standard InChI is InChI=1S/C33H33N3O5/c37-22-24-11-13-28-31(20-24)41-33(40)35(28)16-6-2-3-7-23-10-12-27(25-8-4-1-5-9-25)29(19-23)36(32(38)39)30-21-34-17-14-26(30)15-18-34/h1,3-5,7-13,19-20,22,26,30H,2,6,14-18,21H2,(H,38,39)/t30-/m0/s1. The van der Waals surface area contributed by atoms with E-state index in [0.717, 1.165) is 74.0 Å². The Labute approximate surface area is 238 Å². The van der Waals surface area contributed by atoms with Crippen molar-refractivity contribution < 1.29 is 19.1 Å². The highest BCUT2D eigenvalue weighted by molar-refractivity contribution is 5.94. The molecule has 3 saturated heterocycles. The molecule has 3 aliphatic rings. The van der Waals surface area contributed by atoms with Crippen molar-refractivity contribution in [3.8, 4) is 11.1 Å². The zero-order chi connectivity index (χ0) is 28.3. The third-order valence-electron chi connectivity index (χ3n) is 8.42. The van der Waals surface area contributed by atoms with E-state index in [4.69, 9.17) is 4.42 Å². The number of aromatic nitrogens is 1. The number of aryl methyl sites for hydroxylation is 1. The van der Waals surface area contributed by atoms with Crippen LogP contribution in [0.25, 0.3) is 28.3 Å². The Morgan fingerprint density at radius 3 is 2.51 bits per heavy atom. The number of unbranched alkanes of at least 4 members (excludes halogenated alkanes) is 1. The summed E-state index contributed by atoms with van der Waals surface area (Å²) in [6.07, 6.45) is 7.39. The molecule has 7 rings (SSSR count). The van der Waals surface area contributed by atoms with Gasteiger partial charge in [-0.15, -0.1) is 0 Å². The third-order valence-corrected chi connectivity index (χ3v) is 8.42. The number of oxazole rings is 1. The Kier molecular flexibility index (Phi) is 7.57. The number of nitrogens with zero attached hydrogens (tertiary/aromatic N) is 3. The van der Waals surface area contributed by atoms with Crippen molar-refractivity contribution in [2.45, 2.75) is 38.3 Å². The Morgan fingerprint density at radius 2 is 1.80 bits per heavy atom. The Bertz CT molecular complexity index is 1650. The van der Waals surface area contributed by atoms with Crippen LogP contribution in [0.5, 0.6) is 0 Å². The lowest BCUT2D eigenvalue weighted by Gasteiger charge is -2.48. The molecular formula is C33H33N3O5. The number of allylic oxidation sites excluding steroid dienone is 1. The zero-order valence-electron chi connectivity index (χ0n) is 22.8. The molecule has 8 heteroatoms. The van der Waals surface area contributed by atoms with Crippen LogP contribution >= 0.6 is 0 Å². The Morgan fingerprint density at radius 1 is 1.02 bits per heavy atom. The van der Waals surface area contributed by atoms with Crippen LogP contribution in [0.1, 0.15) is 41.6 Å². The van der Waals surface area contributed by atoms with E-state index in [9.17, 15) is 19.5 Å². The van der Waals surface area contributed by atoms with Crippen molar-refractivity contribution in [2.75, 3.05) is 24.5 Å². The fourth-order valence-electron chi connectivity index (χ4n) is 6.32. The lowest BCUT2D eigenvalue weighted by molar-refractivity contribution is 0.0838. The number of aldehydes is 1. The summed E-state index contributed by atoms with van der Waals surface area (Å²) >= 11 is 0. The van der Waals surface area contributed by atoms with Crippen molar-refractivity contribution in [3.63, 3.8) is 0 Å². The van der Waals surface area contributed by atoms with E-state index in [2.05, 4.69) is 11.0 Å². The highest BCUT2D eigenvalue weighted by Crippen LogP contribution is 2.39. The molecule has 1 N–H and O–H groups in total. The molecule has 41 heavy (non-hydrogen) atoms. The molecule has 2 bridgehead atoms. The van der Waals surface area contributed by atoms with Gasteiger partial charge >= 0.3 is 11.8 Å². The maximum atomic E-state index is 12.8. The molecule has 210 valence electrons. The van der Waals surface area contributed by atoms with Gasteiger partial charge < -0.3 is 14.4 Å². The second kappa shape index (κ2) is 11.6. The van der Waals surface area contributed by atoms with Crippen molar-refractivity contribution in [3.05, 3.63) is 94.5 Å². The summed E-state index contributed by atoms with van der Waals surface area (Å²) in [5, 5.41) is 10.5. The predicted octanol–water partition coefficient (Wildman–Crippen LogP) is 6.15. The van der Waals surface area contributed by atoms with Crippen molar-refractivity contribution in [1.29, 1.82) is 0 Å². The SMILES string of the molecule is O=Cc1ccc2c(c1)oc(=O)n2CCCC=Cc1ccc(-c2ccccc2)c(N(C(=O)O)[C@H]2CN3CCC2CC3)c1. The van der Waals surface area contributed by atoms with Crippen LogP contribution in [-0.2, 0) is 6.54 Å². The van der Waals surface area contributed by atoms with E-state index in [1.165, 1.54) is 0 Å². The number of anilines is 1. The van der Waals surface area contributed by atoms with Gasteiger partial charge in [0.15, 0.2) is 5.58 Å². The van der Waals surface area contributed by atoms with Crippen molar-refractivity contribution >= 4 is 35.2 Å². The number of carbonyl (C=O) groups excluding carboxylic acids is 1. The number of fused-ring (bicyclic) bond motifs is 4. The second-order valence-corrected chi connectivity index (χ2v) is 10.9. The number of carboxylic acid groups (broad SMARTS) is 1. The molecule has 0 spiro atoms. The van der Waals surface area contributed by atoms with Crippen molar-refractivity contribution in [2.24, 2.45) is 5.92 Å². The summed E-state index contributed by atoms with van der Waals surface area (Å²) in [6, 6.07) is 20.9. The average Bonchev–Trinajstić information content (AvgIpc) is 3.32. The quantitative estimate of drug-likeness (QED) is 0.198. The van der Waals surface area contributed by atoms with Gasteiger partial charge in [-0.2, -0.15) is 0 Å². The van der Waals surface area contributed by atoms with Gasteiger partial charge in [-0.05, 0) is 80.1 Å². The number of rotatable bonds is 9. The molecule has 8 nitrogen and oxygen atoms in total. The van der Waals surface area contributed by atoms with E-state index < -0.39 is 11.8 Å². The van der Waals surface area contributed by atoms with Gasteiger partial charge in [-0.25, -0.2) is 9.59 Å². The predicted molar refractivity (Wildman–Crippen MR) is 159 cm³/mol. The number of hydrogen-bond donors (Lipinski definition) is 1. The van der Waals surface area contributed by atoms with E-state index in [0.29, 0.717) is 29.1 Å². The van der Waals surface area contributed by atoms with Crippen LogP contribution in [0.4, 0.5) is 10.5 Å². The van der Waals surface area contributed by atoms with Gasteiger partial charge in [0.2, 0.25) is 0 Å². The Hall–Kier alpha value is -4.43. The van der Waals surface area contributed by atoms with Gasteiger partial charge in [-0.1, -0.05) is 54.6 Å². The first-order chi connectivity index (χ1) is 20.0. The van der Waals surface area contributed by atoms with Crippen LogP contribution < -0.4 is 10.7 Å². The molecule has 0 aliphatic carbocycles. The van der Waals surface area contributed by atoms with Gasteiger partial charge in [0.25, 0.3) is 0 Å². The highest BCUT2D eigenvalue weighted by Gasteiger charge is 2.40. The third kappa shape index (κ3) is 5.47. The number of carbonyl (C=O) groups is 2. The van der Waals surface area contributed by atoms with Gasteiger partial charge in [-0.3, -0.25) is 14.3 Å². The molecule has 3 aromatic carbocycles. The number of hydrogen-bond acceptors (Lipinski definition) is 5. The molecule has 0 saturated carbocycles. The maximum Gasteiger partial charge on any atom is 0.419 e. The molecule has 4 aromatic rings. The van der Waals surface area contributed by atoms with Gasteiger partial charge in [0, 0.05) is 24.2 Å². The van der Waals surface area contributed by atoms with Crippen LogP contribution in [0, 0.1) is 5.92 Å². The minimum absolute atomic E-state index is 0.0672. The molecule has 0 unspecified atom stereocenters. The molecule has 1 amide bonds. The molecular weight excluding hydrogens is 518 g/mol. The average molecular weight is 552 g/mol. The number of piperidine rings is 3. The minimum Gasteiger partial charge on any atom is -0.465 e. The largest absolute Gasteiger partial charge is 0.465 e. The Balaban J connectivity index is 1.23. The summed E-state index contributed by atoms with van der Waals surface area (Å²) in [4.78, 5) is 40.1. The van der Waals surface area contributed by atoms with Gasteiger partial charge in [0.1, 0.15) is 6.29 Å². The van der Waals surface area contributed by atoms with Crippen LogP contribution in [0.15, 0.2) is 82.0 Å². The summed E-state index contributed by atoms with van der Waals surface area (Å²) < 4.78 is 6.90. The number of amides is 1. The normalized spacial score (nSPS) is 20.0. The monoisotopic (exact) mass is 551 g/mol. The maximum absolute atomic E-state index is 12.8. The lowest BCUT2D eigenvalue weighted by Crippen LogP contribution is -2.59.